The fourth-order valence-electron chi connectivity index (χ4n) is 2.64. The second kappa shape index (κ2) is 10.4. The second-order valence-corrected chi connectivity index (χ2v) is 6.33. The van der Waals surface area contributed by atoms with Gasteiger partial charge in [-0.3, -0.25) is 9.59 Å². The molecule has 3 N–H and O–H groups in total. The van der Waals surface area contributed by atoms with Gasteiger partial charge in [-0.1, -0.05) is 72.8 Å². The largest absolute Gasteiger partial charge is 0.484 e. The van der Waals surface area contributed by atoms with E-state index in [-0.39, 0.29) is 12.5 Å². The molecule has 0 aromatic heterocycles. The lowest BCUT2D eigenvalue weighted by Crippen LogP contribution is -2.19. The number of hydrazone groups is 1. The predicted molar refractivity (Wildman–Crippen MR) is 117 cm³/mol. The van der Waals surface area contributed by atoms with Crippen molar-refractivity contribution in [2.24, 2.45) is 10.8 Å². The standard InChI is InChI=1S/C24H21N3O3/c25-22(28)17-30-21-14-11-18(12-15-21)13-16-23(29)26-27-24(19-7-3-1-4-8-19)20-9-5-2-6-10-20/h1-16H,17H2,(H2,25,28)(H,26,29)/b16-13+. The molecule has 6 nitrogen and oxygen atoms in total. The molecule has 0 radical (unpaired) electrons. The van der Waals surface area contributed by atoms with E-state index in [9.17, 15) is 9.59 Å². The highest BCUT2D eigenvalue weighted by Gasteiger charge is 2.07. The van der Waals surface area contributed by atoms with Crippen LogP contribution in [0.5, 0.6) is 5.75 Å². The maximum atomic E-state index is 12.2. The van der Waals surface area contributed by atoms with Gasteiger partial charge in [-0.25, -0.2) is 5.43 Å². The molecule has 0 atom stereocenters. The van der Waals surface area contributed by atoms with E-state index in [1.807, 2.05) is 60.7 Å². The molecule has 0 aliphatic rings. The number of nitrogens with zero attached hydrogens (tertiary/aromatic N) is 1. The Hall–Kier alpha value is -4.19. The Kier molecular flexibility index (Phi) is 7.11. The summed E-state index contributed by atoms with van der Waals surface area (Å²) in [5.74, 6) is -0.370. The number of carbonyl (C=O) groups is 2. The first-order chi connectivity index (χ1) is 14.6. The summed E-state index contributed by atoms with van der Waals surface area (Å²) in [6.07, 6.45) is 3.06. The van der Waals surface area contributed by atoms with E-state index in [0.717, 1.165) is 16.7 Å². The second-order valence-electron chi connectivity index (χ2n) is 6.33. The number of primary amides is 1. The molecule has 3 rings (SSSR count). The Morgan fingerprint density at radius 3 is 1.97 bits per heavy atom. The zero-order valence-electron chi connectivity index (χ0n) is 16.2. The number of amides is 2. The van der Waals surface area contributed by atoms with Crippen LogP contribution in [0, 0.1) is 0 Å². The molecule has 2 amide bonds. The van der Waals surface area contributed by atoms with E-state index in [1.54, 1.807) is 30.3 Å². The lowest BCUT2D eigenvalue weighted by Gasteiger charge is -2.07. The number of hydrogen-bond donors (Lipinski definition) is 2. The van der Waals surface area contributed by atoms with Gasteiger partial charge in [-0.15, -0.1) is 0 Å². The Balaban J connectivity index is 1.67. The van der Waals surface area contributed by atoms with Crippen molar-refractivity contribution < 1.29 is 14.3 Å². The molecule has 0 saturated heterocycles. The molecule has 0 saturated carbocycles. The van der Waals surface area contributed by atoms with Gasteiger partial charge in [0.2, 0.25) is 0 Å². The van der Waals surface area contributed by atoms with Crippen molar-refractivity contribution in [2.75, 3.05) is 6.61 Å². The minimum Gasteiger partial charge on any atom is -0.484 e. The number of carbonyl (C=O) groups excluding carboxylic acids is 2. The molecule has 0 aliphatic carbocycles. The van der Waals surface area contributed by atoms with Gasteiger partial charge in [-0.05, 0) is 23.8 Å². The first-order valence-corrected chi connectivity index (χ1v) is 9.29. The van der Waals surface area contributed by atoms with Crippen LogP contribution in [0.15, 0.2) is 96.1 Å². The van der Waals surface area contributed by atoms with Crippen LogP contribution in [-0.2, 0) is 9.59 Å². The molecule has 150 valence electrons. The first kappa shape index (κ1) is 20.5. The van der Waals surface area contributed by atoms with Crippen molar-refractivity contribution in [2.45, 2.75) is 0 Å². The average Bonchev–Trinajstić information content (AvgIpc) is 2.78. The summed E-state index contributed by atoms with van der Waals surface area (Å²) in [5, 5.41) is 4.33. The molecule has 0 unspecified atom stereocenters. The van der Waals surface area contributed by atoms with Crippen LogP contribution in [0.2, 0.25) is 0 Å². The highest BCUT2D eigenvalue weighted by molar-refractivity contribution is 6.13. The average molecular weight is 399 g/mol. The molecule has 0 aliphatic heterocycles. The summed E-state index contributed by atoms with van der Waals surface area (Å²) in [4.78, 5) is 23.0. The van der Waals surface area contributed by atoms with Crippen LogP contribution in [0.4, 0.5) is 0 Å². The number of rotatable bonds is 8. The Bertz CT molecular complexity index is 1000. The van der Waals surface area contributed by atoms with Gasteiger partial charge in [0, 0.05) is 17.2 Å². The number of nitrogens with two attached hydrogens (primary N) is 1. The first-order valence-electron chi connectivity index (χ1n) is 9.29. The summed E-state index contributed by atoms with van der Waals surface area (Å²) < 4.78 is 5.20. The fraction of sp³-hybridized carbons (Fsp3) is 0.0417. The van der Waals surface area contributed by atoms with Gasteiger partial charge in [-0.2, -0.15) is 5.10 Å². The molecule has 0 spiro atoms. The Morgan fingerprint density at radius 2 is 1.43 bits per heavy atom. The van der Waals surface area contributed by atoms with E-state index in [4.69, 9.17) is 10.5 Å². The van der Waals surface area contributed by atoms with E-state index in [1.165, 1.54) is 6.08 Å². The molecule has 3 aromatic rings. The van der Waals surface area contributed by atoms with Gasteiger partial charge in [0.25, 0.3) is 11.8 Å². The van der Waals surface area contributed by atoms with E-state index in [2.05, 4.69) is 10.5 Å². The molecular weight excluding hydrogens is 378 g/mol. The summed E-state index contributed by atoms with van der Waals surface area (Å²) in [5.41, 5.74) is 10.9. The van der Waals surface area contributed by atoms with Crippen molar-refractivity contribution in [3.63, 3.8) is 0 Å². The number of nitrogens with one attached hydrogen (secondary N) is 1. The maximum absolute atomic E-state index is 12.2. The number of hydrogen-bond acceptors (Lipinski definition) is 4. The topological polar surface area (TPSA) is 93.8 Å². The Labute approximate surface area is 174 Å². The van der Waals surface area contributed by atoms with Crippen molar-refractivity contribution in [1.29, 1.82) is 0 Å². The fourth-order valence-corrected chi connectivity index (χ4v) is 2.64. The third-order valence-corrected chi connectivity index (χ3v) is 4.06. The monoisotopic (exact) mass is 399 g/mol. The maximum Gasteiger partial charge on any atom is 0.264 e. The van der Waals surface area contributed by atoms with Crippen LogP contribution in [0.25, 0.3) is 6.08 Å². The highest BCUT2D eigenvalue weighted by Crippen LogP contribution is 2.13. The highest BCUT2D eigenvalue weighted by atomic mass is 16.5. The van der Waals surface area contributed by atoms with E-state index in [0.29, 0.717) is 11.5 Å². The zero-order chi connectivity index (χ0) is 21.2. The molecule has 0 bridgehead atoms. The van der Waals surface area contributed by atoms with Crippen molar-refractivity contribution >= 4 is 23.6 Å². The van der Waals surface area contributed by atoms with Gasteiger partial charge >= 0.3 is 0 Å². The molecule has 0 heterocycles. The lowest BCUT2D eigenvalue weighted by atomic mass is 10.0. The molecular formula is C24H21N3O3. The lowest BCUT2D eigenvalue weighted by molar-refractivity contribution is -0.120. The third kappa shape index (κ3) is 6.17. The third-order valence-electron chi connectivity index (χ3n) is 4.06. The number of ether oxygens (including phenoxy) is 1. The quantitative estimate of drug-likeness (QED) is 0.346. The normalized spacial score (nSPS) is 10.4. The van der Waals surface area contributed by atoms with Gasteiger partial charge in [0.05, 0.1) is 5.71 Å². The minimum atomic E-state index is -0.540. The van der Waals surface area contributed by atoms with Gasteiger partial charge in [0.15, 0.2) is 6.61 Å². The molecule has 0 fully saturated rings. The molecule has 30 heavy (non-hydrogen) atoms. The molecule has 6 heteroatoms. The van der Waals surface area contributed by atoms with Crippen molar-refractivity contribution in [3.05, 3.63) is 108 Å². The predicted octanol–water partition coefficient (Wildman–Crippen LogP) is 3.13. The summed E-state index contributed by atoms with van der Waals surface area (Å²) in [6, 6.07) is 26.2. The van der Waals surface area contributed by atoms with Gasteiger partial charge < -0.3 is 10.5 Å². The van der Waals surface area contributed by atoms with Crippen LogP contribution >= 0.6 is 0 Å². The van der Waals surface area contributed by atoms with Crippen molar-refractivity contribution in [3.8, 4) is 5.75 Å². The van der Waals surface area contributed by atoms with Crippen LogP contribution in [-0.4, -0.2) is 24.1 Å². The van der Waals surface area contributed by atoms with Crippen LogP contribution in [0.1, 0.15) is 16.7 Å². The SMILES string of the molecule is NC(=O)COc1ccc(/C=C/C(=O)NN=C(c2ccccc2)c2ccccc2)cc1. The summed E-state index contributed by atoms with van der Waals surface area (Å²) in [7, 11) is 0. The Morgan fingerprint density at radius 1 is 0.867 bits per heavy atom. The molecule has 3 aromatic carbocycles. The number of benzene rings is 3. The van der Waals surface area contributed by atoms with Crippen molar-refractivity contribution in [1.82, 2.24) is 5.43 Å². The van der Waals surface area contributed by atoms with Crippen LogP contribution < -0.4 is 15.9 Å². The summed E-state index contributed by atoms with van der Waals surface area (Å²) >= 11 is 0. The smallest absolute Gasteiger partial charge is 0.264 e. The van der Waals surface area contributed by atoms with E-state index >= 15 is 0 Å². The zero-order valence-corrected chi connectivity index (χ0v) is 16.2. The van der Waals surface area contributed by atoms with E-state index < -0.39 is 5.91 Å². The van der Waals surface area contributed by atoms with Crippen LogP contribution in [0.3, 0.4) is 0 Å². The minimum absolute atomic E-state index is 0.180. The summed E-state index contributed by atoms with van der Waals surface area (Å²) in [6.45, 7) is -0.180. The van der Waals surface area contributed by atoms with Gasteiger partial charge in [0.1, 0.15) is 5.75 Å².